The third-order valence-corrected chi connectivity index (χ3v) is 2.44. The van der Waals surface area contributed by atoms with Crippen LogP contribution in [0.15, 0.2) is 12.1 Å². The molecular formula is C12H18N2O3. The number of anilines is 1. The number of methoxy groups -OCH3 is 1. The molecule has 94 valence electrons. The monoisotopic (exact) mass is 238 g/mol. The van der Waals surface area contributed by atoms with Crippen LogP contribution in [-0.4, -0.2) is 30.8 Å². The fourth-order valence-electron chi connectivity index (χ4n) is 1.56. The average Bonchev–Trinajstić information content (AvgIpc) is 2.30. The Morgan fingerprint density at radius 3 is 2.71 bits per heavy atom. The minimum Gasteiger partial charge on any atom is -0.495 e. The summed E-state index contributed by atoms with van der Waals surface area (Å²) in [6, 6.07) is 3.74. The lowest BCUT2D eigenvalue weighted by atomic mass is 10.1. The Morgan fingerprint density at radius 2 is 2.18 bits per heavy atom. The molecule has 0 saturated carbocycles. The molecule has 0 aromatic heterocycles. The number of aliphatic hydroxyl groups excluding tert-OH is 1. The first-order chi connectivity index (χ1) is 7.99. The van der Waals surface area contributed by atoms with Gasteiger partial charge >= 0.3 is 0 Å². The molecule has 0 bridgehead atoms. The molecule has 5 heteroatoms. The van der Waals surface area contributed by atoms with E-state index in [0.29, 0.717) is 11.4 Å². The summed E-state index contributed by atoms with van der Waals surface area (Å²) in [6.07, 6.45) is -1.21. The predicted molar refractivity (Wildman–Crippen MR) is 66.2 cm³/mol. The SMILES string of the molecule is COc1cc(C)cc(C)c1NC(=O)C(O)CN. The minimum atomic E-state index is -1.21. The molecule has 0 radical (unpaired) electrons. The van der Waals surface area contributed by atoms with Crippen LogP contribution < -0.4 is 15.8 Å². The minimum absolute atomic E-state index is 0.112. The van der Waals surface area contributed by atoms with Crippen LogP contribution in [0.2, 0.25) is 0 Å². The molecule has 4 N–H and O–H groups in total. The quantitative estimate of drug-likeness (QED) is 0.716. The smallest absolute Gasteiger partial charge is 0.254 e. The highest BCUT2D eigenvalue weighted by Crippen LogP contribution is 2.29. The Labute approximate surface area is 101 Å². The number of hydrogen-bond donors (Lipinski definition) is 3. The van der Waals surface area contributed by atoms with Crippen molar-refractivity contribution in [2.24, 2.45) is 5.73 Å². The third-order valence-electron chi connectivity index (χ3n) is 2.44. The molecule has 17 heavy (non-hydrogen) atoms. The highest BCUT2D eigenvalue weighted by atomic mass is 16.5. The Morgan fingerprint density at radius 1 is 1.53 bits per heavy atom. The van der Waals surface area contributed by atoms with Crippen molar-refractivity contribution in [3.05, 3.63) is 23.3 Å². The summed E-state index contributed by atoms with van der Waals surface area (Å²) in [6.45, 7) is 3.69. The summed E-state index contributed by atoms with van der Waals surface area (Å²) < 4.78 is 5.19. The number of nitrogens with one attached hydrogen (secondary N) is 1. The zero-order chi connectivity index (χ0) is 13.0. The standard InChI is InChI=1S/C12H18N2O3/c1-7-4-8(2)11(10(5-7)17-3)14-12(16)9(15)6-13/h4-5,9,15H,6,13H2,1-3H3,(H,14,16). The van der Waals surface area contributed by atoms with Crippen molar-refractivity contribution in [3.63, 3.8) is 0 Å². The summed E-state index contributed by atoms with van der Waals surface area (Å²) in [4.78, 5) is 11.6. The molecule has 1 unspecified atom stereocenters. The summed E-state index contributed by atoms with van der Waals surface area (Å²) in [5, 5.41) is 11.9. The first-order valence-electron chi connectivity index (χ1n) is 5.33. The Bertz CT molecular complexity index is 418. The third kappa shape index (κ3) is 3.18. The van der Waals surface area contributed by atoms with Gasteiger partial charge in [-0.25, -0.2) is 0 Å². The molecule has 0 aliphatic heterocycles. The van der Waals surface area contributed by atoms with Crippen LogP contribution in [-0.2, 0) is 4.79 Å². The van der Waals surface area contributed by atoms with Crippen molar-refractivity contribution < 1.29 is 14.6 Å². The average molecular weight is 238 g/mol. The van der Waals surface area contributed by atoms with Gasteiger partial charge in [0.1, 0.15) is 11.9 Å². The second-order valence-corrected chi connectivity index (χ2v) is 3.90. The molecule has 0 spiro atoms. The molecule has 1 aromatic rings. The molecule has 1 amide bonds. The summed E-state index contributed by atoms with van der Waals surface area (Å²) in [5.41, 5.74) is 7.70. The van der Waals surface area contributed by atoms with Gasteiger partial charge in [-0.15, -0.1) is 0 Å². The van der Waals surface area contributed by atoms with E-state index in [0.717, 1.165) is 11.1 Å². The number of aryl methyl sites for hydroxylation is 2. The van der Waals surface area contributed by atoms with Gasteiger partial charge in [-0.2, -0.15) is 0 Å². The number of aliphatic hydroxyl groups is 1. The number of carbonyl (C=O) groups is 1. The van der Waals surface area contributed by atoms with E-state index >= 15 is 0 Å². The topological polar surface area (TPSA) is 84.6 Å². The Hall–Kier alpha value is -1.59. The van der Waals surface area contributed by atoms with E-state index in [-0.39, 0.29) is 6.54 Å². The molecule has 5 nitrogen and oxygen atoms in total. The molecule has 0 aliphatic carbocycles. The number of rotatable bonds is 4. The van der Waals surface area contributed by atoms with Crippen molar-refractivity contribution in [2.45, 2.75) is 20.0 Å². The van der Waals surface area contributed by atoms with Crippen molar-refractivity contribution >= 4 is 11.6 Å². The Balaban J connectivity index is 3.01. The van der Waals surface area contributed by atoms with Gasteiger partial charge < -0.3 is 20.9 Å². The van der Waals surface area contributed by atoms with Gasteiger partial charge in [0, 0.05) is 6.54 Å². The number of hydrogen-bond acceptors (Lipinski definition) is 4. The fourth-order valence-corrected chi connectivity index (χ4v) is 1.56. The highest BCUT2D eigenvalue weighted by Gasteiger charge is 2.16. The van der Waals surface area contributed by atoms with E-state index in [2.05, 4.69) is 5.32 Å². The van der Waals surface area contributed by atoms with Gasteiger partial charge in [-0.1, -0.05) is 6.07 Å². The fraction of sp³-hybridized carbons (Fsp3) is 0.417. The number of amides is 1. The largest absolute Gasteiger partial charge is 0.495 e. The van der Waals surface area contributed by atoms with E-state index in [4.69, 9.17) is 10.5 Å². The zero-order valence-electron chi connectivity index (χ0n) is 10.3. The number of nitrogens with two attached hydrogens (primary N) is 1. The molecular weight excluding hydrogens is 220 g/mol. The molecule has 1 aromatic carbocycles. The van der Waals surface area contributed by atoms with Crippen LogP contribution in [0.3, 0.4) is 0 Å². The summed E-state index contributed by atoms with van der Waals surface area (Å²) in [5.74, 6) is 0.0397. The maximum absolute atomic E-state index is 11.6. The van der Waals surface area contributed by atoms with Crippen LogP contribution in [0.5, 0.6) is 5.75 Å². The van der Waals surface area contributed by atoms with Crippen LogP contribution in [0.4, 0.5) is 5.69 Å². The second-order valence-electron chi connectivity index (χ2n) is 3.90. The van der Waals surface area contributed by atoms with Crippen molar-refractivity contribution in [3.8, 4) is 5.75 Å². The summed E-state index contributed by atoms with van der Waals surface area (Å²) >= 11 is 0. The predicted octanol–water partition coefficient (Wildman–Crippen LogP) is 0.570. The maximum atomic E-state index is 11.6. The zero-order valence-corrected chi connectivity index (χ0v) is 10.3. The molecule has 0 saturated heterocycles. The lowest BCUT2D eigenvalue weighted by Gasteiger charge is -2.15. The molecule has 1 rings (SSSR count). The van der Waals surface area contributed by atoms with Gasteiger partial charge in [-0.05, 0) is 31.0 Å². The van der Waals surface area contributed by atoms with Gasteiger partial charge in [0.05, 0.1) is 12.8 Å². The summed E-state index contributed by atoms with van der Waals surface area (Å²) in [7, 11) is 1.53. The molecule has 1 atom stereocenters. The highest BCUT2D eigenvalue weighted by molar-refractivity contribution is 5.96. The van der Waals surface area contributed by atoms with E-state index in [9.17, 15) is 9.90 Å². The van der Waals surface area contributed by atoms with E-state index in [1.54, 1.807) is 0 Å². The lowest BCUT2D eigenvalue weighted by Crippen LogP contribution is -2.34. The van der Waals surface area contributed by atoms with Gasteiger partial charge in [-0.3, -0.25) is 4.79 Å². The normalized spacial score (nSPS) is 12.1. The molecule has 0 aliphatic rings. The van der Waals surface area contributed by atoms with Gasteiger partial charge in [0.15, 0.2) is 0 Å². The van der Waals surface area contributed by atoms with Crippen LogP contribution in [0.1, 0.15) is 11.1 Å². The molecule has 0 heterocycles. The number of ether oxygens (including phenoxy) is 1. The maximum Gasteiger partial charge on any atom is 0.254 e. The van der Waals surface area contributed by atoms with E-state index < -0.39 is 12.0 Å². The van der Waals surface area contributed by atoms with Crippen LogP contribution >= 0.6 is 0 Å². The van der Waals surface area contributed by atoms with Crippen LogP contribution in [0, 0.1) is 13.8 Å². The van der Waals surface area contributed by atoms with E-state index in [1.165, 1.54) is 7.11 Å². The van der Waals surface area contributed by atoms with Crippen molar-refractivity contribution in [1.82, 2.24) is 0 Å². The van der Waals surface area contributed by atoms with E-state index in [1.807, 2.05) is 26.0 Å². The van der Waals surface area contributed by atoms with Gasteiger partial charge in [0.25, 0.3) is 5.91 Å². The number of benzene rings is 1. The lowest BCUT2D eigenvalue weighted by molar-refractivity contribution is -0.123. The van der Waals surface area contributed by atoms with Crippen molar-refractivity contribution in [1.29, 1.82) is 0 Å². The number of carbonyl (C=O) groups excluding carboxylic acids is 1. The van der Waals surface area contributed by atoms with Crippen LogP contribution in [0.25, 0.3) is 0 Å². The Kier molecular flexibility index (Phi) is 4.48. The second kappa shape index (κ2) is 5.65. The van der Waals surface area contributed by atoms with Gasteiger partial charge in [0.2, 0.25) is 0 Å². The molecule has 0 fully saturated rings. The first-order valence-corrected chi connectivity index (χ1v) is 5.33. The first kappa shape index (κ1) is 13.5. The van der Waals surface area contributed by atoms with Crippen molar-refractivity contribution in [2.75, 3.05) is 19.0 Å².